The third-order valence-electron chi connectivity index (χ3n) is 4.01. The van der Waals surface area contributed by atoms with Gasteiger partial charge in [-0.05, 0) is 43.3 Å². The van der Waals surface area contributed by atoms with Crippen molar-refractivity contribution in [2.75, 3.05) is 6.54 Å². The average molecular weight is 354 g/mol. The van der Waals surface area contributed by atoms with Crippen LogP contribution in [0.5, 0.6) is 0 Å². The molecule has 0 unspecified atom stereocenters. The zero-order valence-electron chi connectivity index (χ0n) is 14.3. The number of amides is 2. The molecule has 2 N–H and O–H groups in total. The first-order valence-corrected chi connectivity index (χ1v) is 8.33. The topological polar surface area (TPSA) is 76.0 Å². The number of halogens is 1. The van der Waals surface area contributed by atoms with Gasteiger partial charge in [0.2, 0.25) is 5.91 Å². The Morgan fingerprint density at radius 2 is 1.81 bits per heavy atom. The first-order valence-electron chi connectivity index (χ1n) is 8.33. The summed E-state index contributed by atoms with van der Waals surface area (Å²) < 4.78 is 14.9. The Bertz CT molecular complexity index is 934. The minimum absolute atomic E-state index is 0.164. The van der Waals surface area contributed by atoms with Crippen LogP contribution < -0.4 is 10.6 Å². The Morgan fingerprint density at radius 3 is 2.54 bits per heavy atom. The van der Waals surface area contributed by atoms with Crippen molar-refractivity contribution >= 4 is 22.8 Å². The molecule has 3 aromatic rings. The Kier molecular flexibility index (Phi) is 5.26. The minimum Gasteiger partial charge on any atom is -0.347 e. The molecule has 0 atom stereocenters. The maximum atomic E-state index is 12.9. The van der Waals surface area contributed by atoms with Crippen LogP contribution in [0.15, 0.2) is 48.5 Å². The average Bonchev–Trinajstić information content (AvgIpc) is 3.02. The van der Waals surface area contributed by atoms with Gasteiger partial charge in [0.1, 0.15) is 11.6 Å². The summed E-state index contributed by atoms with van der Waals surface area (Å²) >= 11 is 0. The number of benzene rings is 2. The number of rotatable bonds is 6. The number of fused-ring (bicyclic) bond motifs is 1. The maximum absolute atomic E-state index is 12.9. The molecular formula is C19H19FN4O2. The SMILES string of the molecule is CCn1c(CNC(=O)CNC(=O)c2ccc(F)cc2)nc2ccccc21. The summed E-state index contributed by atoms with van der Waals surface area (Å²) in [6.07, 6.45) is 0. The van der Waals surface area contributed by atoms with E-state index in [9.17, 15) is 14.0 Å². The molecule has 3 rings (SSSR count). The van der Waals surface area contributed by atoms with Crippen LogP contribution in [0, 0.1) is 5.82 Å². The van der Waals surface area contributed by atoms with E-state index in [0.717, 1.165) is 23.4 Å². The second-order valence-electron chi connectivity index (χ2n) is 5.73. The van der Waals surface area contributed by atoms with Crippen LogP contribution in [0.4, 0.5) is 4.39 Å². The van der Waals surface area contributed by atoms with Crippen molar-refractivity contribution in [2.24, 2.45) is 0 Å². The second kappa shape index (κ2) is 7.77. The van der Waals surface area contributed by atoms with Gasteiger partial charge in [-0.25, -0.2) is 9.37 Å². The molecule has 0 aliphatic rings. The van der Waals surface area contributed by atoms with Crippen LogP contribution in [-0.2, 0) is 17.9 Å². The van der Waals surface area contributed by atoms with Crippen molar-refractivity contribution in [3.63, 3.8) is 0 Å². The van der Waals surface area contributed by atoms with Crippen LogP contribution in [0.1, 0.15) is 23.1 Å². The van der Waals surface area contributed by atoms with Crippen molar-refractivity contribution < 1.29 is 14.0 Å². The van der Waals surface area contributed by atoms with Crippen LogP contribution in [0.2, 0.25) is 0 Å². The smallest absolute Gasteiger partial charge is 0.251 e. The van der Waals surface area contributed by atoms with Gasteiger partial charge in [0.25, 0.3) is 5.91 Å². The van der Waals surface area contributed by atoms with E-state index in [1.165, 1.54) is 24.3 Å². The minimum atomic E-state index is -0.430. The number of aryl methyl sites for hydroxylation is 1. The van der Waals surface area contributed by atoms with Gasteiger partial charge in [0.15, 0.2) is 0 Å². The molecule has 7 heteroatoms. The number of imidazole rings is 1. The number of para-hydroxylation sites is 2. The molecule has 1 aromatic heterocycles. The summed E-state index contributed by atoms with van der Waals surface area (Å²) in [5, 5.41) is 5.26. The van der Waals surface area contributed by atoms with E-state index in [2.05, 4.69) is 15.6 Å². The lowest BCUT2D eigenvalue weighted by molar-refractivity contribution is -0.120. The summed E-state index contributed by atoms with van der Waals surface area (Å²) in [5.74, 6) is -0.416. The van der Waals surface area contributed by atoms with Gasteiger partial charge in [-0.3, -0.25) is 9.59 Å². The Morgan fingerprint density at radius 1 is 1.08 bits per heavy atom. The van der Waals surface area contributed by atoms with E-state index in [1.807, 2.05) is 35.8 Å². The fraction of sp³-hybridized carbons (Fsp3) is 0.211. The van der Waals surface area contributed by atoms with Crippen LogP contribution in [-0.4, -0.2) is 27.9 Å². The third kappa shape index (κ3) is 3.88. The third-order valence-corrected chi connectivity index (χ3v) is 4.01. The molecule has 134 valence electrons. The highest BCUT2D eigenvalue weighted by Crippen LogP contribution is 2.15. The van der Waals surface area contributed by atoms with E-state index < -0.39 is 11.7 Å². The summed E-state index contributed by atoms with van der Waals surface area (Å²) in [4.78, 5) is 28.5. The first-order chi connectivity index (χ1) is 12.6. The Hall–Kier alpha value is -3.22. The number of carbonyl (C=O) groups excluding carboxylic acids is 2. The monoisotopic (exact) mass is 354 g/mol. The second-order valence-corrected chi connectivity index (χ2v) is 5.73. The molecule has 6 nitrogen and oxygen atoms in total. The molecule has 2 amide bonds. The van der Waals surface area contributed by atoms with E-state index in [1.54, 1.807) is 0 Å². The lowest BCUT2D eigenvalue weighted by Gasteiger charge is -2.09. The van der Waals surface area contributed by atoms with E-state index in [0.29, 0.717) is 5.56 Å². The van der Waals surface area contributed by atoms with Crippen LogP contribution >= 0.6 is 0 Å². The summed E-state index contributed by atoms with van der Waals surface area (Å²) in [6, 6.07) is 12.9. The molecule has 26 heavy (non-hydrogen) atoms. The summed E-state index contributed by atoms with van der Waals surface area (Å²) in [7, 11) is 0. The molecule has 1 heterocycles. The van der Waals surface area contributed by atoms with Crippen LogP contribution in [0.25, 0.3) is 11.0 Å². The zero-order valence-corrected chi connectivity index (χ0v) is 14.3. The van der Waals surface area contributed by atoms with Gasteiger partial charge in [-0.1, -0.05) is 12.1 Å². The molecular weight excluding hydrogens is 335 g/mol. The number of aromatic nitrogens is 2. The lowest BCUT2D eigenvalue weighted by Crippen LogP contribution is -2.37. The molecule has 0 bridgehead atoms. The van der Waals surface area contributed by atoms with Crippen molar-refractivity contribution in [3.05, 3.63) is 65.7 Å². The fourth-order valence-corrected chi connectivity index (χ4v) is 2.72. The number of carbonyl (C=O) groups is 2. The standard InChI is InChI=1S/C19H19FN4O2/c1-2-24-16-6-4-3-5-15(16)23-17(24)11-21-18(25)12-22-19(26)13-7-9-14(20)10-8-13/h3-10H,2,11-12H2,1H3,(H,21,25)(H,22,26). The van der Waals surface area contributed by atoms with Crippen LogP contribution in [0.3, 0.4) is 0 Å². The molecule has 0 saturated heterocycles. The van der Waals surface area contributed by atoms with Gasteiger partial charge in [-0.2, -0.15) is 0 Å². The normalized spacial score (nSPS) is 10.7. The molecule has 2 aromatic carbocycles. The maximum Gasteiger partial charge on any atom is 0.251 e. The van der Waals surface area contributed by atoms with Gasteiger partial charge in [-0.15, -0.1) is 0 Å². The van der Waals surface area contributed by atoms with Gasteiger partial charge in [0, 0.05) is 12.1 Å². The van der Waals surface area contributed by atoms with Gasteiger partial charge in [0.05, 0.1) is 24.1 Å². The molecule has 0 radical (unpaired) electrons. The van der Waals surface area contributed by atoms with E-state index in [4.69, 9.17) is 0 Å². The summed E-state index contributed by atoms with van der Waals surface area (Å²) in [6.45, 7) is 2.87. The fourth-order valence-electron chi connectivity index (χ4n) is 2.72. The molecule has 0 aliphatic carbocycles. The predicted octanol–water partition coefficient (Wildman–Crippen LogP) is 2.24. The van der Waals surface area contributed by atoms with E-state index in [-0.39, 0.29) is 19.0 Å². The van der Waals surface area contributed by atoms with Gasteiger partial charge >= 0.3 is 0 Å². The first kappa shape index (κ1) is 17.6. The Balaban J connectivity index is 1.56. The quantitative estimate of drug-likeness (QED) is 0.713. The number of nitrogens with one attached hydrogen (secondary N) is 2. The van der Waals surface area contributed by atoms with Crippen molar-refractivity contribution in [1.29, 1.82) is 0 Å². The molecule has 0 saturated carbocycles. The molecule has 0 fully saturated rings. The number of hydrogen-bond acceptors (Lipinski definition) is 3. The number of nitrogens with zero attached hydrogens (tertiary/aromatic N) is 2. The number of hydrogen-bond donors (Lipinski definition) is 2. The van der Waals surface area contributed by atoms with Crippen molar-refractivity contribution in [3.8, 4) is 0 Å². The van der Waals surface area contributed by atoms with Crippen molar-refractivity contribution in [1.82, 2.24) is 20.2 Å². The van der Waals surface area contributed by atoms with Crippen molar-refractivity contribution in [2.45, 2.75) is 20.0 Å². The lowest BCUT2D eigenvalue weighted by atomic mass is 10.2. The zero-order chi connectivity index (χ0) is 18.5. The molecule has 0 spiro atoms. The van der Waals surface area contributed by atoms with E-state index >= 15 is 0 Å². The largest absolute Gasteiger partial charge is 0.347 e. The highest BCUT2D eigenvalue weighted by Gasteiger charge is 2.11. The predicted molar refractivity (Wildman–Crippen MR) is 96.0 cm³/mol. The Labute approximate surface area is 150 Å². The summed E-state index contributed by atoms with van der Waals surface area (Å²) in [5.41, 5.74) is 2.19. The molecule has 0 aliphatic heterocycles. The van der Waals surface area contributed by atoms with Gasteiger partial charge < -0.3 is 15.2 Å². The highest BCUT2D eigenvalue weighted by atomic mass is 19.1. The highest BCUT2D eigenvalue weighted by molar-refractivity contribution is 5.96.